The van der Waals surface area contributed by atoms with E-state index >= 15 is 0 Å². The third-order valence-electron chi connectivity index (χ3n) is 3.87. The molecule has 0 aliphatic heterocycles. The molecule has 1 aromatic carbocycles. The number of furan rings is 1. The number of hydrogen-bond acceptors (Lipinski definition) is 2. The molecular formula is C17H23NO. The Labute approximate surface area is 115 Å². The largest absolute Gasteiger partial charge is 0.469 e. The van der Waals surface area contributed by atoms with Crippen LogP contribution in [0.4, 0.5) is 0 Å². The molecule has 2 heteroatoms. The van der Waals surface area contributed by atoms with Gasteiger partial charge in [-0.2, -0.15) is 0 Å². The second-order valence-corrected chi connectivity index (χ2v) is 5.80. The predicted octanol–water partition coefficient (Wildman–Crippen LogP) is 3.86. The summed E-state index contributed by atoms with van der Waals surface area (Å²) in [4.78, 5) is 0. The monoisotopic (exact) mass is 257 g/mol. The fraction of sp³-hybridized carbons (Fsp3) is 0.412. The van der Waals surface area contributed by atoms with Crippen molar-refractivity contribution in [1.82, 2.24) is 0 Å². The summed E-state index contributed by atoms with van der Waals surface area (Å²) < 4.78 is 5.46. The van der Waals surface area contributed by atoms with Gasteiger partial charge in [0.15, 0.2) is 0 Å². The first kappa shape index (κ1) is 13.9. The highest BCUT2D eigenvalue weighted by molar-refractivity contribution is 5.31. The zero-order valence-electron chi connectivity index (χ0n) is 12.0. The Morgan fingerprint density at radius 2 is 1.84 bits per heavy atom. The van der Waals surface area contributed by atoms with Crippen molar-refractivity contribution in [2.75, 3.05) is 6.54 Å². The fourth-order valence-electron chi connectivity index (χ4n) is 2.36. The second-order valence-electron chi connectivity index (χ2n) is 5.80. The number of nitrogens with two attached hydrogens (primary N) is 1. The normalized spacial score (nSPS) is 14.6. The highest BCUT2D eigenvalue weighted by Gasteiger charge is 2.26. The molecule has 2 aromatic rings. The van der Waals surface area contributed by atoms with Crippen LogP contribution in [0.1, 0.15) is 43.6 Å². The van der Waals surface area contributed by atoms with Gasteiger partial charge in [-0.05, 0) is 29.2 Å². The van der Waals surface area contributed by atoms with E-state index in [1.165, 1.54) is 11.1 Å². The summed E-state index contributed by atoms with van der Waals surface area (Å²) in [7, 11) is 0. The first-order chi connectivity index (χ1) is 9.05. The number of rotatable bonds is 5. The van der Waals surface area contributed by atoms with E-state index < -0.39 is 0 Å². The Morgan fingerprint density at radius 1 is 1.16 bits per heavy atom. The van der Waals surface area contributed by atoms with Crippen LogP contribution in [0.2, 0.25) is 0 Å². The van der Waals surface area contributed by atoms with Crippen molar-refractivity contribution in [3.63, 3.8) is 0 Å². The lowest BCUT2D eigenvalue weighted by molar-refractivity contribution is 0.412. The maximum absolute atomic E-state index is 6.01. The Bertz CT molecular complexity index is 499. The average Bonchev–Trinajstić information content (AvgIpc) is 2.91. The Hall–Kier alpha value is -1.54. The van der Waals surface area contributed by atoms with Crippen molar-refractivity contribution in [3.05, 3.63) is 59.5 Å². The van der Waals surface area contributed by atoms with Gasteiger partial charge in [0, 0.05) is 18.4 Å². The lowest BCUT2D eigenvalue weighted by Gasteiger charge is -2.28. The predicted molar refractivity (Wildman–Crippen MR) is 79.3 cm³/mol. The summed E-state index contributed by atoms with van der Waals surface area (Å²) in [6, 6.07) is 12.7. The highest BCUT2D eigenvalue weighted by Crippen LogP contribution is 2.28. The first-order valence-corrected chi connectivity index (χ1v) is 6.88. The van der Waals surface area contributed by atoms with Gasteiger partial charge in [0.05, 0.1) is 6.26 Å². The Balaban J connectivity index is 2.25. The van der Waals surface area contributed by atoms with E-state index in [4.69, 9.17) is 10.2 Å². The number of hydrogen-bond donors (Lipinski definition) is 1. The molecule has 2 rings (SSSR count). The van der Waals surface area contributed by atoms with Crippen LogP contribution < -0.4 is 5.73 Å². The first-order valence-electron chi connectivity index (χ1n) is 6.88. The van der Waals surface area contributed by atoms with E-state index in [0.717, 1.165) is 12.2 Å². The highest BCUT2D eigenvalue weighted by atomic mass is 16.3. The summed E-state index contributed by atoms with van der Waals surface area (Å²) >= 11 is 0. The van der Waals surface area contributed by atoms with Gasteiger partial charge in [0.1, 0.15) is 5.76 Å². The molecule has 19 heavy (non-hydrogen) atoms. The quantitative estimate of drug-likeness (QED) is 0.883. The molecule has 1 aromatic heterocycles. The SMILES string of the molecule is CC(C)c1ccc(C(C)(CN)Cc2ccco2)cc1. The van der Waals surface area contributed by atoms with E-state index in [2.05, 4.69) is 45.0 Å². The van der Waals surface area contributed by atoms with Gasteiger partial charge in [-0.25, -0.2) is 0 Å². The molecule has 2 nitrogen and oxygen atoms in total. The van der Waals surface area contributed by atoms with Crippen molar-refractivity contribution in [3.8, 4) is 0 Å². The molecule has 0 bridgehead atoms. The Morgan fingerprint density at radius 3 is 2.32 bits per heavy atom. The van der Waals surface area contributed by atoms with Gasteiger partial charge >= 0.3 is 0 Å². The maximum Gasteiger partial charge on any atom is 0.104 e. The van der Waals surface area contributed by atoms with Gasteiger partial charge in [-0.1, -0.05) is 45.0 Å². The van der Waals surface area contributed by atoms with Crippen LogP contribution in [0, 0.1) is 0 Å². The van der Waals surface area contributed by atoms with Crippen LogP contribution in [0.15, 0.2) is 47.1 Å². The molecule has 1 unspecified atom stereocenters. The summed E-state index contributed by atoms with van der Waals surface area (Å²) in [5.74, 6) is 1.55. The molecule has 0 radical (unpaired) electrons. The molecule has 0 amide bonds. The lowest BCUT2D eigenvalue weighted by Crippen LogP contribution is -2.34. The van der Waals surface area contributed by atoms with E-state index in [1.807, 2.05) is 12.1 Å². The van der Waals surface area contributed by atoms with Crippen molar-refractivity contribution in [2.45, 2.75) is 38.5 Å². The maximum atomic E-state index is 6.01. The standard InChI is InChI=1S/C17H23NO/c1-13(2)14-6-8-15(9-7-14)17(3,12-18)11-16-5-4-10-19-16/h4-10,13H,11-12,18H2,1-3H3. The van der Waals surface area contributed by atoms with Crippen molar-refractivity contribution < 1.29 is 4.42 Å². The van der Waals surface area contributed by atoms with Gasteiger partial charge in [0.25, 0.3) is 0 Å². The van der Waals surface area contributed by atoms with Crippen molar-refractivity contribution in [2.24, 2.45) is 5.73 Å². The minimum atomic E-state index is -0.0760. The smallest absolute Gasteiger partial charge is 0.104 e. The van der Waals surface area contributed by atoms with Crippen LogP contribution in [0.5, 0.6) is 0 Å². The molecule has 1 heterocycles. The van der Waals surface area contributed by atoms with Crippen LogP contribution in [0.3, 0.4) is 0 Å². The lowest BCUT2D eigenvalue weighted by atomic mass is 9.78. The summed E-state index contributed by atoms with van der Waals surface area (Å²) in [5.41, 5.74) is 8.57. The molecule has 0 aliphatic rings. The van der Waals surface area contributed by atoms with Crippen molar-refractivity contribution >= 4 is 0 Å². The van der Waals surface area contributed by atoms with Gasteiger partial charge < -0.3 is 10.2 Å². The van der Waals surface area contributed by atoms with Gasteiger partial charge in [0.2, 0.25) is 0 Å². The molecule has 0 saturated heterocycles. The third-order valence-corrected chi connectivity index (χ3v) is 3.87. The Kier molecular flexibility index (Phi) is 4.11. The molecule has 102 valence electrons. The van der Waals surface area contributed by atoms with E-state index in [1.54, 1.807) is 6.26 Å². The van der Waals surface area contributed by atoms with Crippen LogP contribution >= 0.6 is 0 Å². The molecule has 0 spiro atoms. The average molecular weight is 257 g/mol. The summed E-state index contributed by atoms with van der Waals surface area (Å²) in [5, 5.41) is 0. The fourth-order valence-corrected chi connectivity index (χ4v) is 2.36. The summed E-state index contributed by atoms with van der Waals surface area (Å²) in [6.07, 6.45) is 2.55. The number of benzene rings is 1. The van der Waals surface area contributed by atoms with E-state index in [-0.39, 0.29) is 5.41 Å². The molecule has 0 fully saturated rings. The minimum Gasteiger partial charge on any atom is -0.469 e. The van der Waals surface area contributed by atoms with Gasteiger partial charge in [-0.15, -0.1) is 0 Å². The third kappa shape index (κ3) is 3.07. The minimum absolute atomic E-state index is 0.0760. The zero-order chi connectivity index (χ0) is 13.9. The summed E-state index contributed by atoms with van der Waals surface area (Å²) in [6.45, 7) is 7.22. The molecule has 0 saturated carbocycles. The van der Waals surface area contributed by atoms with Crippen LogP contribution in [-0.2, 0) is 11.8 Å². The zero-order valence-corrected chi connectivity index (χ0v) is 12.0. The van der Waals surface area contributed by atoms with Crippen molar-refractivity contribution in [1.29, 1.82) is 0 Å². The van der Waals surface area contributed by atoms with Crippen LogP contribution in [0.25, 0.3) is 0 Å². The molecular weight excluding hydrogens is 234 g/mol. The van der Waals surface area contributed by atoms with E-state index in [0.29, 0.717) is 12.5 Å². The topological polar surface area (TPSA) is 39.2 Å². The molecule has 1 atom stereocenters. The molecule has 2 N–H and O–H groups in total. The van der Waals surface area contributed by atoms with E-state index in [9.17, 15) is 0 Å². The van der Waals surface area contributed by atoms with Crippen LogP contribution in [-0.4, -0.2) is 6.54 Å². The van der Waals surface area contributed by atoms with Gasteiger partial charge in [-0.3, -0.25) is 0 Å². The molecule has 0 aliphatic carbocycles. The second kappa shape index (κ2) is 5.62.